The van der Waals surface area contributed by atoms with Crippen LogP contribution in [0.3, 0.4) is 0 Å². The number of rotatable bonds is 0. The maximum atomic E-state index is 11.4. The molecule has 0 N–H and O–H groups in total. The number of ketones is 1. The van der Waals surface area contributed by atoms with E-state index in [4.69, 9.17) is 34.8 Å². The normalized spacial score (nSPS) is 42.8. The summed E-state index contributed by atoms with van der Waals surface area (Å²) in [4.78, 5) is 9.60. The molecule has 1 aliphatic rings. The number of allylic oxidation sites excluding steroid dienone is 2. The van der Waals surface area contributed by atoms with Crippen LogP contribution in [0.1, 0.15) is 20.3 Å². The van der Waals surface area contributed by atoms with Gasteiger partial charge in [0.2, 0.25) is 0 Å². The average Bonchev–Trinajstić information content (AvgIpc) is 1.96. The summed E-state index contributed by atoms with van der Waals surface area (Å²) in [6.07, 6.45) is 2.13. The van der Waals surface area contributed by atoms with Crippen LogP contribution in [0, 0.1) is 0 Å². The van der Waals surface area contributed by atoms with Gasteiger partial charge >= 0.3 is 0 Å². The molecule has 0 saturated carbocycles. The topological polar surface area (TPSA) is 17.1 Å². The molecule has 12 heavy (non-hydrogen) atoms. The van der Waals surface area contributed by atoms with E-state index in [0.29, 0.717) is 6.42 Å². The van der Waals surface area contributed by atoms with Gasteiger partial charge in [0.15, 0.2) is 5.78 Å². The highest BCUT2D eigenvalue weighted by atomic mass is 35.5. The molecule has 1 nitrogen and oxygen atoms in total. The predicted octanol–water partition coefficient (Wildman–Crippen LogP) is 3.08. The van der Waals surface area contributed by atoms with E-state index in [2.05, 4.69) is 0 Å². The van der Waals surface area contributed by atoms with Crippen LogP contribution in [0.4, 0.5) is 0 Å². The number of Topliss-reactive ketones (excluding diaryl/α,β-unsaturated/α-hetero) is 1. The van der Waals surface area contributed by atoms with Gasteiger partial charge < -0.3 is 0 Å². The summed E-state index contributed by atoms with van der Waals surface area (Å²) in [5.41, 5.74) is 0. The van der Waals surface area contributed by atoms with Gasteiger partial charge in [0, 0.05) is 0 Å². The molecule has 0 amide bonds. The van der Waals surface area contributed by atoms with Crippen LogP contribution >= 0.6 is 34.8 Å². The molecule has 0 fully saturated rings. The molecule has 4 heteroatoms. The van der Waals surface area contributed by atoms with E-state index in [1.165, 1.54) is 0 Å². The fourth-order valence-electron chi connectivity index (χ4n) is 1.03. The van der Waals surface area contributed by atoms with Gasteiger partial charge in [-0.2, -0.15) is 0 Å². The second kappa shape index (κ2) is 2.90. The molecular weight excluding hydrogens is 218 g/mol. The molecule has 0 bridgehead atoms. The largest absolute Gasteiger partial charge is 0.291 e. The number of halogens is 3. The minimum Gasteiger partial charge on any atom is -0.291 e. The van der Waals surface area contributed by atoms with Crippen molar-refractivity contribution < 1.29 is 4.79 Å². The Morgan fingerprint density at radius 1 is 1.42 bits per heavy atom. The maximum absolute atomic E-state index is 11.4. The first-order valence-electron chi connectivity index (χ1n) is 3.57. The number of carbonyl (C=O) groups excluding carboxylic acids is 1. The van der Waals surface area contributed by atoms with Gasteiger partial charge in [-0.3, -0.25) is 4.79 Å². The van der Waals surface area contributed by atoms with Crippen molar-refractivity contribution in [1.82, 2.24) is 0 Å². The molecule has 0 heterocycles. The second-order valence-electron chi connectivity index (χ2n) is 3.29. The Kier molecular flexibility index (Phi) is 2.50. The SMILES string of the molecule is CC1(Cl)CC=C(Cl)C(=O)C1(C)Cl. The van der Waals surface area contributed by atoms with Crippen LogP contribution in [-0.2, 0) is 4.79 Å². The Labute approximate surface area is 86.7 Å². The Bertz CT molecular complexity index is 253. The standard InChI is InChI=1S/C8H9Cl3O/c1-7(10)4-3-5(9)6(12)8(7,2)11/h3H,4H2,1-2H3. The van der Waals surface area contributed by atoms with Crippen molar-refractivity contribution >= 4 is 40.6 Å². The Balaban J connectivity index is 3.14. The van der Waals surface area contributed by atoms with Crippen LogP contribution in [0.5, 0.6) is 0 Å². The van der Waals surface area contributed by atoms with Crippen LogP contribution < -0.4 is 0 Å². The first-order valence-corrected chi connectivity index (χ1v) is 4.71. The maximum Gasteiger partial charge on any atom is 0.196 e. The minimum atomic E-state index is -1.10. The molecule has 0 radical (unpaired) electrons. The Hall–Kier alpha value is 0.280. The van der Waals surface area contributed by atoms with Gasteiger partial charge in [-0.1, -0.05) is 17.7 Å². The van der Waals surface area contributed by atoms with Gasteiger partial charge in [0.1, 0.15) is 4.87 Å². The summed E-state index contributed by atoms with van der Waals surface area (Å²) in [5, 5.41) is 0.186. The smallest absolute Gasteiger partial charge is 0.196 e. The fraction of sp³-hybridized carbons (Fsp3) is 0.625. The van der Waals surface area contributed by atoms with E-state index < -0.39 is 9.75 Å². The molecule has 0 aromatic rings. The summed E-state index contributed by atoms with van der Waals surface area (Å²) in [7, 11) is 0. The summed E-state index contributed by atoms with van der Waals surface area (Å²) >= 11 is 17.7. The first-order chi connectivity index (χ1) is 5.29. The zero-order valence-corrected chi connectivity index (χ0v) is 9.09. The number of hydrogen-bond acceptors (Lipinski definition) is 1. The van der Waals surface area contributed by atoms with E-state index in [1.807, 2.05) is 0 Å². The molecule has 0 aliphatic heterocycles. The molecule has 0 aromatic carbocycles. The summed E-state index contributed by atoms with van der Waals surface area (Å²) < 4.78 is 0. The molecule has 2 atom stereocenters. The van der Waals surface area contributed by atoms with Crippen molar-refractivity contribution in [2.45, 2.75) is 30.0 Å². The number of alkyl halides is 2. The molecule has 0 spiro atoms. The van der Waals surface area contributed by atoms with Gasteiger partial charge in [-0.15, -0.1) is 23.2 Å². The average molecular weight is 228 g/mol. The van der Waals surface area contributed by atoms with E-state index in [0.717, 1.165) is 0 Å². The van der Waals surface area contributed by atoms with Crippen molar-refractivity contribution in [1.29, 1.82) is 0 Å². The van der Waals surface area contributed by atoms with Gasteiger partial charge in [0.25, 0.3) is 0 Å². The van der Waals surface area contributed by atoms with E-state index >= 15 is 0 Å². The van der Waals surface area contributed by atoms with Gasteiger partial charge in [-0.25, -0.2) is 0 Å². The van der Waals surface area contributed by atoms with Crippen LogP contribution in [0.15, 0.2) is 11.1 Å². The molecular formula is C8H9Cl3O. The monoisotopic (exact) mass is 226 g/mol. The van der Waals surface area contributed by atoms with Crippen molar-refractivity contribution in [3.63, 3.8) is 0 Å². The summed E-state index contributed by atoms with van der Waals surface area (Å²) in [5.74, 6) is -0.297. The molecule has 0 saturated heterocycles. The zero-order valence-electron chi connectivity index (χ0n) is 6.83. The number of carbonyl (C=O) groups is 1. The second-order valence-corrected chi connectivity index (χ2v) is 5.28. The Morgan fingerprint density at radius 3 is 2.33 bits per heavy atom. The van der Waals surface area contributed by atoms with Crippen molar-refractivity contribution in [2.75, 3.05) is 0 Å². The first kappa shape index (κ1) is 10.4. The fourth-order valence-corrected chi connectivity index (χ4v) is 1.68. The zero-order chi connectivity index (χ0) is 9.57. The predicted molar refractivity (Wildman–Crippen MR) is 52.1 cm³/mol. The van der Waals surface area contributed by atoms with Crippen LogP contribution in [0.2, 0.25) is 0 Å². The van der Waals surface area contributed by atoms with Gasteiger partial charge in [-0.05, 0) is 20.3 Å². The minimum absolute atomic E-state index is 0.186. The third-order valence-electron chi connectivity index (χ3n) is 2.29. The third kappa shape index (κ3) is 1.39. The highest BCUT2D eigenvalue weighted by molar-refractivity contribution is 6.53. The third-order valence-corrected chi connectivity index (χ3v) is 3.83. The molecule has 2 unspecified atom stereocenters. The van der Waals surface area contributed by atoms with Crippen molar-refractivity contribution in [3.8, 4) is 0 Å². The highest BCUT2D eigenvalue weighted by Crippen LogP contribution is 2.44. The highest BCUT2D eigenvalue weighted by Gasteiger charge is 2.50. The summed E-state index contributed by atoms with van der Waals surface area (Å²) in [6.45, 7) is 3.33. The lowest BCUT2D eigenvalue weighted by Crippen LogP contribution is -2.49. The molecule has 1 aliphatic carbocycles. The quantitative estimate of drug-likeness (QED) is 0.581. The van der Waals surface area contributed by atoms with E-state index in [9.17, 15) is 4.79 Å². The molecule has 0 aromatic heterocycles. The molecule has 68 valence electrons. The van der Waals surface area contributed by atoms with Crippen LogP contribution in [-0.4, -0.2) is 15.5 Å². The van der Waals surface area contributed by atoms with Crippen LogP contribution in [0.25, 0.3) is 0 Å². The lowest BCUT2D eigenvalue weighted by Gasteiger charge is -2.37. The van der Waals surface area contributed by atoms with Gasteiger partial charge in [0.05, 0.1) is 9.91 Å². The lowest BCUT2D eigenvalue weighted by molar-refractivity contribution is -0.118. The number of hydrogen-bond donors (Lipinski definition) is 0. The lowest BCUT2D eigenvalue weighted by atomic mass is 9.83. The van der Waals surface area contributed by atoms with Crippen molar-refractivity contribution in [3.05, 3.63) is 11.1 Å². The molecule has 1 rings (SSSR count). The van der Waals surface area contributed by atoms with E-state index in [1.54, 1.807) is 19.9 Å². The Morgan fingerprint density at radius 2 is 1.92 bits per heavy atom. The summed E-state index contributed by atoms with van der Waals surface area (Å²) in [6, 6.07) is 0. The van der Waals surface area contributed by atoms with Crippen molar-refractivity contribution in [2.24, 2.45) is 0 Å². The van der Waals surface area contributed by atoms with E-state index in [-0.39, 0.29) is 10.8 Å².